The quantitative estimate of drug-likeness (QED) is 0.128. The molecule has 0 saturated heterocycles. The first kappa shape index (κ1) is 46.2. The van der Waals surface area contributed by atoms with Crippen molar-refractivity contribution in [2.45, 2.75) is 38.5 Å². The molecule has 77 heavy (non-hydrogen) atoms. The summed E-state index contributed by atoms with van der Waals surface area (Å²) >= 11 is 0. The van der Waals surface area contributed by atoms with E-state index in [1.165, 1.54) is 83.7 Å². The van der Waals surface area contributed by atoms with Crippen LogP contribution in [-0.2, 0) is 0 Å². The summed E-state index contributed by atoms with van der Waals surface area (Å²) in [6.07, 6.45) is 14.0. The predicted octanol–water partition coefficient (Wildman–Crippen LogP) is 20.1. The minimum atomic E-state index is 0.341. The van der Waals surface area contributed by atoms with Gasteiger partial charge in [0.05, 0.1) is 22.1 Å². The molecule has 4 heteroatoms. The lowest BCUT2D eigenvalue weighted by Crippen LogP contribution is -2.17. The molecule has 10 aromatic carbocycles. The Morgan fingerprint density at radius 1 is 0.390 bits per heavy atom. The Hall–Kier alpha value is -9.38. The van der Waals surface area contributed by atoms with E-state index in [1.807, 2.05) is 0 Å². The lowest BCUT2D eigenvalue weighted by molar-refractivity contribution is 0.527. The van der Waals surface area contributed by atoms with Gasteiger partial charge in [0.2, 0.25) is 0 Å². The molecule has 2 aliphatic rings. The standard InChI is InChI=1S/C73H58N4/c1-51-16-15-23-63(48-51)77-71-27-14-12-25-67(71)69-50-65(45-47-73(69)77)75(60-38-30-55(31-39-60)53-19-7-3-8-20-53)62-42-34-57(35-43-62)56-32-40-61(41-33-56)74(59-36-28-54(29-37-59)52-17-5-2-6-18-52)64-44-46-72-68(49-64)66-24-11-13-26-70(66)76(72)58-21-9-4-10-22-58/h2-14,17-30,32-47,49-51,55H,15-16,31,48H2,1H3. The second-order valence-corrected chi connectivity index (χ2v) is 20.9. The van der Waals surface area contributed by atoms with Crippen molar-refractivity contribution in [1.82, 2.24) is 9.13 Å². The first-order chi connectivity index (χ1) is 38.1. The maximum atomic E-state index is 2.53. The van der Waals surface area contributed by atoms with Crippen LogP contribution in [0.2, 0.25) is 0 Å². The van der Waals surface area contributed by atoms with Gasteiger partial charge in [-0.3, -0.25) is 0 Å². The molecule has 12 aromatic rings. The number of hydrogen-bond donors (Lipinski definition) is 0. The van der Waals surface area contributed by atoms with Crippen LogP contribution in [0.15, 0.2) is 279 Å². The number of rotatable bonds is 11. The van der Waals surface area contributed by atoms with Gasteiger partial charge in [0.1, 0.15) is 0 Å². The van der Waals surface area contributed by atoms with E-state index in [-0.39, 0.29) is 0 Å². The summed E-state index contributed by atoms with van der Waals surface area (Å²) in [6, 6.07) is 91.2. The minimum Gasteiger partial charge on any atom is -0.313 e. The fraction of sp³-hybridized carbons (Fsp3) is 0.0959. The Kier molecular flexibility index (Phi) is 11.8. The molecule has 4 nitrogen and oxygen atoms in total. The maximum Gasteiger partial charge on any atom is 0.0542 e. The smallest absolute Gasteiger partial charge is 0.0542 e. The number of allylic oxidation sites excluding steroid dienone is 5. The van der Waals surface area contributed by atoms with Gasteiger partial charge in [-0.05, 0) is 163 Å². The molecule has 2 aromatic heterocycles. The third-order valence-electron chi connectivity index (χ3n) is 16.1. The molecule has 0 bridgehead atoms. The summed E-state index contributed by atoms with van der Waals surface area (Å²) in [5.41, 5.74) is 20.3. The van der Waals surface area contributed by atoms with E-state index in [0.29, 0.717) is 11.8 Å². The average molecular weight is 991 g/mol. The monoisotopic (exact) mass is 990 g/mol. The van der Waals surface area contributed by atoms with Crippen LogP contribution in [0, 0.1) is 5.92 Å². The molecule has 2 unspecified atom stereocenters. The summed E-state index contributed by atoms with van der Waals surface area (Å²) < 4.78 is 4.91. The second-order valence-electron chi connectivity index (χ2n) is 20.9. The Morgan fingerprint density at radius 2 is 0.844 bits per heavy atom. The van der Waals surface area contributed by atoms with E-state index >= 15 is 0 Å². The molecule has 14 rings (SSSR count). The number of benzene rings is 10. The Morgan fingerprint density at radius 3 is 1.40 bits per heavy atom. The van der Waals surface area contributed by atoms with Gasteiger partial charge in [0.25, 0.3) is 0 Å². The molecule has 0 radical (unpaired) electrons. The molecular formula is C73H58N4. The highest BCUT2D eigenvalue weighted by Crippen LogP contribution is 2.44. The number of para-hydroxylation sites is 3. The third kappa shape index (κ3) is 8.53. The highest BCUT2D eigenvalue weighted by molar-refractivity contribution is 6.12. The molecule has 0 amide bonds. The summed E-state index contributed by atoms with van der Waals surface area (Å²) in [5.74, 6) is 1.01. The van der Waals surface area contributed by atoms with Crippen molar-refractivity contribution in [1.29, 1.82) is 0 Å². The topological polar surface area (TPSA) is 16.3 Å². The van der Waals surface area contributed by atoms with Crippen molar-refractivity contribution >= 4 is 77.7 Å². The summed E-state index contributed by atoms with van der Waals surface area (Å²) in [6.45, 7) is 2.39. The van der Waals surface area contributed by atoms with Crippen LogP contribution in [0.1, 0.15) is 44.1 Å². The molecule has 370 valence electrons. The Balaban J connectivity index is 0.830. The lowest BCUT2D eigenvalue weighted by atomic mass is 9.91. The van der Waals surface area contributed by atoms with Crippen molar-refractivity contribution in [3.05, 3.63) is 284 Å². The molecule has 0 saturated carbocycles. The van der Waals surface area contributed by atoms with E-state index in [0.717, 1.165) is 59.0 Å². The minimum absolute atomic E-state index is 0.341. The van der Waals surface area contributed by atoms with Gasteiger partial charge in [0, 0.05) is 73.0 Å². The van der Waals surface area contributed by atoms with Crippen molar-refractivity contribution in [2.24, 2.45) is 5.92 Å². The van der Waals surface area contributed by atoms with Crippen LogP contribution in [-0.4, -0.2) is 9.13 Å². The first-order valence-electron chi connectivity index (χ1n) is 27.3. The third-order valence-corrected chi connectivity index (χ3v) is 16.1. The van der Waals surface area contributed by atoms with Crippen molar-refractivity contribution in [2.75, 3.05) is 9.80 Å². The first-order valence-corrected chi connectivity index (χ1v) is 27.3. The number of nitrogens with zero attached hydrogens (tertiary/aromatic N) is 4. The molecule has 2 aliphatic carbocycles. The zero-order valence-electron chi connectivity index (χ0n) is 43.3. The Bertz CT molecular complexity index is 4200. The molecule has 0 N–H and O–H groups in total. The van der Waals surface area contributed by atoms with Crippen molar-refractivity contribution in [3.8, 4) is 27.9 Å². The van der Waals surface area contributed by atoms with Crippen LogP contribution in [0.5, 0.6) is 0 Å². The fourth-order valence-corrected chi connectivity index (χ4v) is 12.3. The van der Waals surface area contributed by atoms with E-state index in [9.17, 15) is 0 Å². The van der Waals surface area contributed by atoms with Crippen LogP contribution in [0.3, 0.4) is 0 Å². The van der Waals surface area contributed by atoms with Gasteiger partial charge >= 0.3 is 0 Å². The molecular weight excluding hydrogens is 933 g/mol. The van der Waals surface area contributed by atoms with E-state index < -0.39 is 0 Å². The molecule has 0 fully saturated rings. The molecule has 2 atom stereocenters. The number of anilines is 5. The SMILES string of the molecule is CC1CCC=C(n2c3ccccc3c3cc(N(C4=CCC(c5ccccc5)C=C4)c4ccc(-c5ccc(N(c6ccc(-c7ccccc7)cc6)c6ccc7c(c6)c6ccccc6n7-c6ccccc6)cc5)cc4)ccc32)C1. The van der Waals surface area contributed by atoms with E-state index in [4.69, 9.17) is 0 Å². The van der Waals surface area contributed by atoms with Gasteiger partial charge in [-0.1, -0.05) is 177 Å². The zero-order valence-corrected chi connectivity index (χ0v) is 43.3. The Labute approximate surface area is 451 Å². The van der Waals surface area contributed by atoms with Crippen molar-refractivity contribution in [3.63, 3.8) is 0 Å². The van der Waals surface area contributed by atoms with Crippen LogP contribution < -0.4 is 9.80 Å². The second kappa shape index (κ2) is 19.7. The number of hydrogen-bond acceptors (Lipinski definition) is 2. The van der Waals surface area contributed by atoms with Gasteiger partial charge in [-0.15, -0.1) is 0 Å². The van der Waals surface area contributed by atoms with Crippen molar-refractivity contribution < 1.29 is 0 Å². The highest BCUT2D eigenvalue weighted by atomic mass is 15.2. The van der Waals surface area contributed by atoms with Crippen LogP contribution in [0.25, 0.3) is 77.2 Å². The molecule has 0 aliphatic heterocycles. The fourth-order valence-electron chi connectivity index (χ4n) is 12.3. The highest BCUT2D eigenvalue weighted by Gasteiger charge is 2.23. The largest absolute Gasteiger partial charge is 0.313 e. The normalized spacial score (nSPS) is 15.5. The van der Waals surface area contributed by atoms with Gasteiger partial charge < -0.3 is 18.9 Å². The lowest BCUT2D eigenvalue weighted by Gasteiger charge is -2.29. The molecule has 0 spiro atoms. The van der Waals surface area contributed by atoms with E-state index in [2.05, 4.69) is 299 Å². The van der Waals surface area contributed by atoms with E-state index in [1.54, 1.807) is 0 Å². The molecule has 2 heterocycles. The summed E-state index contributed by atoms with van der Waals surface area (Å²) in [7, 11) is 0. The maximum absolute atomic E-state index is 2.53. The predicted molar refractivity (Wildman–Crippen MR) is 326 cm³/mol. The van der Waals surface area contributed by atoms with Gasteiger partial charge in [-0.25, -0.2) is 0 Å². The van der Waals surface area contributed by atoms with Crippen LogP contribution in [0.4, 0.5) is 28.4 Å². The van der Waals surface area contributed by atoms with Crippen LogP contribution >= 0.6 is 0 Å². The van der Waals surface area contributed by atoms with Gasteiger partial charge in [0.15, 0.2) is 0 Å². The summed E-state index contributed by atoms with van der Waals surface area (Å²) in [4.78, 5) is 4.84. The zero-order chi connectivity index (χ0) is 51.2. The van der Waals surface area contributed by atoms with Gasteiger partial charge in [-0.2, -0.15) is 0 Å². The number of aromatic nitrogens is 2. The number of fused-ring (bicyclic) bond motifs is 6. The summed E-state index contributed by atoms with van der Waals surface area (Å²) in [5, 5.41) is 5.01. The average Bonchev–Trinajstić information content (AvgIpc) is 4.13.